The van der Waals surface area contributed by atoms with E-state index in [9.17, 15) is 14.9 Å². The fourth-order valence-electron chi connectivity index (χ4n) is 3.64. The van der Waals surface area contributed by atoms with Crippen LogP contribution in [0.5, 0.6) is 5.75 Å². The van der Waals surface area contributed by atoms with Crippen molar-refractivity contribution in [1.29, 1.82) is 0 Å². The van der Waals surface area contributed by atoms with Gasteiger partial charge in [-0.2, -0.15) is 9.78 Å². The number of nitrogens with zero attached hydrogens (tertiary/aromatic N) is 4. The average Bonchev–Trinajstić information content (AvgIpc) is 2.87. The zero-order valence-electron chi connectivity index (χ0n) is 19.7. The molecule has 0 saturated heterocycles. The zero-order chi connectivity index (χ0) is 26.5. The number of aryl methyl sites for hydroxylation is 1. The molecule has 0 amide bonds. The minimum Gasteiger partial charge on any atom is -0.486 e. The smallest absolute Gasteiger partial charge is 0.282 e. The van der Waals surface area contributed by atoms with Crippen molar-refractivity contribution >= 4 is 61.9 Å². The van der Waals surface area contributed by atoms with E-state index in [4.69, 9.17) is 27.9 Å². The topological polar surface area (TPSA) is 99.6 Å². The normalized spacial score (nSPS) is 11.4. The summed E-state index contributed by atoms with van der Waals surface area (Å²) in [5.74, 6) is 0.803. The number of hydrogen-bond donors (Lipinski definition) is 0. The lowest BCUT2D eigenvalue weighted by Gasteiger charge is -2.11. The Bertz CT molecular complexity index is 1550. The second-order valence-corrected chi connectivity index (χ2v) is 9.91. The minimum atomic E-state index is -0.472. The predicted octanol–water partition coefficient (Wildman–Crippen LogP) is 7.18. The van der Waals surface area contributed by atoms with E-state index in [1.165, 1.54) is 23.0 Å². The SMILES string of the molecule is CCCCc1nc2ccc(Br)cc2c(=O)n1N=Cc1cc(Cl)c(OCc2cccc([N+](=O)[O-])c2)c(Cl)c1. The highest BCUT2D eigenvalue weighted by molar-refractivity contribution is 9.10. The van der Waals surface area contributed by atoms with Gasteiger partial charge < -0.3 is 4.74 Å². The molecule has 0 unspecified atom stereocenters. The van der Waals surface area contributed by atoms with Crippen molar-refractivity contribution in [2.75, 3.05) is 0 Å². The maximum absolute atomic E-state index is 13.2. The molecule has 0 aliphatic heterocycles. The summed E-state index contributed by atoms with van der Waals surface area (Å²) in [5, 5.41) is 16.3. The van der Waals surface area contributed by atoms with E-state index in [-0.39, 0.29) is 33.6 Å². The van der Waals surface area contributed by atoms with Crippen LogP contribution in [0.15, 0.2) is 69.0 Å². The van der Waals surface area contributed by atoms with E-state index in [1.807, 2.05) is 6.07 Å². The molecule has 0 aliphatic carbocycles. The Morgan fingerprint density at radius 3 is 2.62 bits per heavy atom. The van der Waals surface area contributed by atoms with Gasteiger partial charge in [-0.1, -0.05) is 64.6 Å². The molecule has 0 aliphatic rings. The third-order valence-electron chi connectivity index (χ3n) is 5.48. The van der Waals surface area contributed by atoms with E-state index < -0.39 is 4.92 Å². The van der Waals surface area contributed by atoms with Crippen LogP contribution >= 0.6 is 39.1 Å². The lowest BCUT2D eigenvalue weighted by molar-refractivity contribution is -0.384. The number of nitro benzene ring substituents is 1. The summed E-state index contributed by atoms with van der Waals surface area (Å²) in [6, 6.07) is 14.7. The van der Waals surface area contributed by atoms with Gasteiger partial charge in [-0.25, -0.2) is 4.98 Å². The van der Waals surface area contributed by atoms with Crippen molar-refractivity contribution < 1.29 is 9.66 Å². The predicted molar refractivity (Wildman–Crippen MR) is 149 cm³/mol. The Hall–Kier alpha value is -3.27. The molecule has 8 nitrogen and oxygen atoms in total. The summed E-state index contributed by atoms with van der Waals surface area (Å²) in [5.41, 5.74) is 1.46. The van der Waals surface area contributed by atoms with E-state index in [0.717, 1.165) is 17.3 Å². The molecular formula is C26H21BrCl2N4O4. The molecule has 37 heavy (non-hydrogen) atoms. The molecule has 4 aromatic rings. The van der Waals surface area contributed by atoms with Gasteiger partial charge in [0.05, 0.1) is 32.1 Å². The largest absolute Gasteiger partial charge is 0.486 e. The van der Waals surface area contributed by atoms with Crippen molar-refractivity contribution in [3.05, 3.63) is 107 Å². The number of fused-ring (bicyclic) bond motifs is 1. The Kier molecular flexibility index (Phi) is 8.58. The number of nitro groups is 1. The van der Waals surface area contributed by atoms with Crippen LogP contribution in [0, 0.1) is 10.1 Å². The summed E-state index contributed by atoms with van der Waals surface area (Å²) in [6.07, 6.45) is 3.89. The first-order valence-electron chi connectivity index (χ1n) is 11.4. The van der Waals surface area contributed by atoms with Crippen LogP contribution in [-0.2, 0) is 13.0 Å². The molecule has 1 heterocycles. The molecule has 0 radical (unpaired) electrons. The van der Waals surface area contributed by atoms with Crippen LogP contribution in [0.3, 0.4) is 0 Å². The maximum atomic E-state index is 13.2. The van der Waals surface area contributed by atoms with E-state index >= 15 is 0 Å². The van der Waals surface area contributed by atoms with Gasteiger partial charge >= 0.3 is 0 Å². The van der Waals surface area contributed by atoms with Gasteiger partial charge in [0, 0.05) is 23.0 Å². The molecule has 0 spiro atoms. The molecule has 190 valence electrons. The van der Waals surface area contributed by atoms with Crippen LogP contribution in [0.2, 0.25) is 10.0 Å². The first-order valence-corrected chi connectivity index (χ1v) is 12.9. The van der Waals surface area contributed by atoms with Crippen LogP contribution in [0.25, 0.3) is 10.9 Å². The van der Waals surface area contributed by atoms with Gasteiger partial charge in [0.1, 0.15) is 12.4 Å². The highest BCUT2D eigenvalue weighted by Gasteiger charge is 2.13. The summed E-state index contributed by atoms with van der Waals surface area (Å²) < 4.78 is 7.83. The van der Waals surface area contributed by atoms with Crippen molar-refractivity contribution in [3.8, 4) is 5.75 Å². The fraction of sp³-hybridized carbons (Fsp3) is 0.192. The second-order valence-electron chi connectivity index (χ2n) is 8.18. The molecule has 0 bridgehead atoms. The first kappa shape index (κ1) is 26.8. The molecule has 0 saturated carbocycles. The number of rotatable bonds is 9. The van der Waals surface area contributed by atoms with Crippen molar-refractivity contribution in [3.63, 3.8) is 0 Å². The van der Waals surface area contributed by atoms with Gasteiger partial charge in [-0.05, 0) is 47.9 Å². The van der Waals surface area contributed by atoms with Gasteiger partial charge in [0.2, 0.25) is 0 Å². The van der Waals surface area contributed by atoms with Crippen LogP contribution in [-0.4, -0.2) is 20.8 Å². The summed E-state index contributed by atoms with van der Waals surface area (Å²) >= 11 is 16.3. The second kappa shape index (κ2) is 11.9. The zero-order valence-corrected chi connectivity index (χ0v) is 22.8. The number of unbranched alkanes of at least 4 members (excludes halogenated alkanes) is 1. The minimum absolute atomic E-state index is 0.0334. The van der Waals surface area contributed by atoms with Gasteiger partial charge in [-0.15, -0.1) is 0 Å². The number of halogens is 3. The van der Waals surface area contributed by atoms with Crippen molar-refractivity contribution in [1.82, 2.24) is 9.66 Å². The third kappa shape index (κ3) is 6.36. The number of hydrogen-bond acceptors (Lipinski definition) is 6. The van der Waals surface area contributed by atoms with E-state index in [0.29, 0.717) is 34.3 Å². The Morgan fingerprint density at radius 1 is 1.16 bits per heavy atom. The van der Waals surface area contributed by atoms with Crippen LogP contribution in [0.1, 0.15) is 36.7 Å². The van der Waals surface area contributed by atoms with Gasteiger partial charge in [0.15, 0.2) is 5.75 Å². The summed E-state index contributed by atoms with van der Waals surface area (Å²) in [4.78, 5) is 28.4. The van der Waals surface area contributed by atoms with Crippen molar-refractivity contribution in [2.24, 2.45) is 5.10 Å². The Morgan fingerprint density at radius 2 is 1.92 bits per heavy atom. The molecule has 3 aromatic carbocycles. The molecule has 11 heteroatoms. The summed E-state index contributed by atoms with van der Waals surface area (Å²) in [7, 11) is 0. The molecule has 4 rings (SSSR count). The quantitative estimate of drug-likeness (QED) is 0.115. The number of aromatic nitrogens is 2. The summed E-state index contributed by atoms with van der Waals surface area (Å²) in [6.45, 7) is 2.11. The van der Waals surface area contributed by atoms with Gasteiger partial charge in [-0.3, -0.25) is 14.9 Å². The molecular weight excluding hydrogens is 583 g/mol. The van der Waals surface area contributed by atoms with E-state index in [2.05, 4.69) is 32.9 Å². The van der Waals surface area contributed by atoms with E-state index in [1.54, 1.807) is 36.4 Å². The fourth-order valence-corrected chi connectivity index (χ4v) is 4.62. The third-order valence-corrected chi connectivity index (χ3v) is 6.53. The number of ether oxygens (including phenoxy) is 1. The molecule has 0 N–H and O–H groups in total. The monoisotopic (exact) mass is 602 g/mol. The van der Waals surface area contributed by atoms with Crippen LogP contribution < -0.4 is 10.3 Å². The highest BCUT2D eigenvalue weighted by Crippen LogP contribution is 2.34. The molecule has 0 atom stereocenters. The Balaban J connectivity index is 1.62. The lowest BCUT2D eigenvalue weighted by Crippen LogP contribution is -2.22. The van der Waals surface area contributed by atoms with Crippen LogP contribution in [0.4, 0.5) is 5.69 Å². The molecule has 1 aromatic heterocycles. The highest BCUT2D eigenvalue weighted by atomic mass is 79.9. The maximum Gasteiger partial charge on any atom is 0.282 e. The standard InChI is InChI=1S/C26H21BrCl2N4O4/c1-2-3-7-24-31-23-9-8-18(27)13-20(23)26(34)32(24)30-14-17-11-21(28)25(22(29)12-17)37-15-16-5-4-6-19(10-16)33(35)36/h4-6,8-14H,2-3,7,15H2,1H3. The van der Waals surface area contributed by atoms with Crippen molar-refractivity contribution in [2.45, 2.75) is 32.8 Å². The molecule has 0 fully saturated rings. The van der Waals surface area contributed by atoms with Gasteiger partial charge in [0.25, 0.3) is 11.2 Å². The first-order chi connectivity index (χ1) is 17.8. The number of benzene rings is 3. The lowest BCUT2D eigenvalue weighted by atomic mass is 10.2. The Labute approximate surface area is 230 Å². The number of non-ortho nitro benzene ring substituents is 1. The average molecular weight is 604 g/mol.